The number of nitrogens with zero attached hydrogens (tertiary/aromatic N) is 4. The van der Waals surface area contributed by atoms with Crippen LogP contribution in [0.2, 0.25) is 0 Å². The van der Waals surface area contributed by atoms with Crippen molar-refractivity contribution < 1.29 is 4.79 Å². The largest absolute Gasteiger partial charge is 0.324 e. The molecule has 0 aliphatic rings. The smallest absolute Gasteiger partial charge is 0.272 e. The molecule has 1 rings (SSSR count). The van der Waals surface area contributed by atoms with Crippen LogP contribution in [0.15, 0.2) is 6.07 Å². The Kier molecular flexibility index (Phi) is 4.06. The number of hydrogen-bond donors (Lipinski definition) is 0. The molecule has 0 aliphatic carbocycles. The van der Waals surface area contributed by atoms with Gasteiger partial charge in [-0.2, -0.15) is 10.4 Å². The van der Waals surface area contributed by atoms with Gasteiger partial charge >= 0.3 is 0 Å². The molecule has 0 radical (unpaired) electrons. The summed E-state index contributed by atoms with van der Waals surface area (Å²) in [5.74, 6) is -0.140. The summed E-state index contributed by atoms with van der Waals surface area (Å²) in [7, 11) is 1.74. The van der Waals surface area contributed by atoms with Gasteiger partial charge in [0.15, 0.2) is 0 Å². The highest BCUT2D eigenvalue weighted by molar-refractivity contribution is 5.92. The Hall–Kier alpha value is -1.83. The van der Waals surface area contributed by atoms with Crippen molar-refractivity contribution in [2.45, 2.75) is 20.3 Å². The number of aryl methyl sites for hydroxylation is 2. The molecule has 0 bridgehead atoms. The van der Waals surface area contributed by atoms with Crippen LogP contribution in [0.1, 0.15) is 30.0 Å². The monoisotopic (exact) mass is 220 g/mol. The second-order valence-electron chi connectivity index (χ2n) is 3.48. The van der Waals surface area contributed by atoms with E-state index in [1.165, 1.54) is 4.90 Å². The minimum Gasteiger partial charge on any atom is -0.324 e. The van der Waals surface area contributed by atoms with E-state index in [0.717, 1.165) is 12.1 Å². The van der Waals surface area contributed by atoms with Crippen LogP contribution in [0.5, 0.6) is 0 Å². The molecule has 0 aliphatic heterocycles. The molecule has 0 N–H and O–H groups in total. The minimum atomic E-state index is -0.140. The summed E-state index contributed by atoms with van der Waals surface area (Å²) >= 11 is 0. The van der Waals surface area contributed by atoms with Gasteiger partial charge in [-0.15, -0.1) is 0 Å². The number of nitriles is 1. The molecule has 16 heavy (non-hydrogen) atoms. The van der Waals surface area contributed by atoms with Crippen molar-refractivity contribution in [2.75, 3.05) is 13.1 Å². The van der Waals surface area contributed by atoms with E-state index in [4.69, 9.17) is 5.26 Å². The van der Waals surface area contributed by atoms with Gasteiger partial charge in [-0.1, -0.05) is 6.92 Å². The Morgan fingerprint density at radius 3 is 2.75 bits per heavy atom. The molecule has 0 saturated heterocycles. The van der Waals surface area contributed by atoms with Crippen molar-refractivity contribution in [3.63, 3.8) is 0 Å². The summed E-state index contributed by atoms with van der Waals surface area (Å²) in [6.45, 7) is 4.48. The Balaban J connectivity index is 2.94. The number of aromatic nitrogens is 2. The van der Waals surface area contributed by atoms with Crippen LogP contribution in [0.3, 0.4) is 0 Å². The van der Waals surface area contributed by atoms with Crippen molar-refractivity contribution in [3.8, 4) is 6.07 Å². The van der Waals surface area contributed by atoms with Crippen LogP contribution in [0.4, 0.5) is 0 Å². The Bertz CT molecular complexity index is 416. The fourth-order valence-corrected chi connectivity index (χ4v) is 1.47. The summed E-state index contributed by atoms with van der Waals surface area (Å²) in [6.07, 6.45) is 0.797. The van der Waals surface area contributed by atoms with Crippen molar-refractivity contribution in [2.24, 2.45) is 7.05 Å². The third-order valence-electron chi connectivity index (χ3n) is 2.44. The molecule has 1 amide bonds. The molecule has 0 unspecified atom stereocenters. The molecule has 0 aromatic carbocycles. The first-order valence-electron chi connectivity index (χ1n) is 5.33. The summed E-state index contributed by atoms with van der Waals surface area (Å²) in [5, 5.41) is 12.8. The van der Waals surface area contributed by atoms with Crippen LogP contribution in [0, 0.1) is 11.3 Å². The third-order valence-corrected chi connectivity index (χ3v) is 2.44. The second-order valence-corrected chi connectivity index (χ2v) is 3.48. The lowest BCUT2D eigenvalue weighted by Gasteiger charge is -2.16. The molecular formula is C11H16N4O. The van der Waals surface area contributed by atoms with E-state index >= 15 is 0 Å². The van der Waals surface area contributed by atoms with Gasteiger partial charge in [0.25, 0.3) is 5.91 Å². The first-order valence-corrected chi connectivity index (χ1v) is 5.33. The molecular weight excluding hydrogens is 204 g/mol. The molecule has 5 heteroatoms. The fourth-order valence-electron chi connectivity index (χ4n) is 1.47. The van der Waals surface area contributed by atoms with Gasteiger partial charge < -0.3 is 4.90 Å². The minimum absolute atomic E-state index is 0.113. The van der Waals surface area contributed by atoms with Gasteiger partial charge in [-0.3, -0.25) is 9.48 Å². The maximum Gasteiger partial charge on any atom is 0.272 e. The Labute approximate surface area is 95.3 Å². The van der Waals surface area contributed by atoms with Gasteiger partial charge in [0, 0.05) is 13.6 Å². The average molecular weight is 220 g/mol. The maximum absolute atomic E-state index is 12.0. The predicted octanol–water partition coefficient (Wildman–Crippen LogP) is 0.968. The van der Waals surface area contributed by atoms with Crippen LogP contribution < -0.4 is 0 Å². The van der Waals surface area contributed by atoms with Crippen LogP contribution in [-0.2, 0) is 13.5 Å². The molecule has 0 saturated carbocycles. The molecule has 5 nitrogen and oxygen atoms in total. The lowest BCUT2D eigenvalue weighted by molar-refractivity contribution is 0.0773. The quantitative estimate of drug-likeness (QED) is 0.710. The molecule has 0 spiro atoms. The fraction of sp³-hybridized carbons (Fsp3) is 0.545. The van der Waals surface area contributed by atoms with Crippen LogP contribution in [-0.4, -0.2) is 33.7 Å². The number of amides is 1. The number of hydrogen-bond acceptors (Lipinski definition) is 3. The number of carbonyl (C=O) groups is 1. The lowest BCUT2D eigenvalue weighted by Crippen LogP contribution is -2.32. The normalized spacial score (nSPS) is 9.88. The molecule has 1 aromatic heterocycles. The predicted molar refractivity (Wildman–Crippen MR) is 59.8 cm³/mol. The van der Waals surface area contributed by atoms with E-state index in [2.05, 4.69) is 5.10 Å². The summed E-state index contributed by atoms with van der Waals surface area (Å²) in [6, 6.07) is 3.77. The van der Waals surface area contributed by atoms with Gasteiger partial charge in [0.1, 0.15) is 12.2 Å². The summed E-state index contributed by atoms with van der Waals surface area (Å²) in [5.41, 5.74) is 1.42. The molecule has 86 valence electrons. The van der Waals surface area contributed by atoms with Crippen molar-refractivity contribution in [3.05, 3.63) is 17.5 Å². The topological polar surface area (TPSA) is 61.9 Å². The Morgan fingerprint density at radius 1 is 1.62 bits per heavy atom. The highest BCUT2D eigenvalue weighted by Gasteiger charge is 2.18. The van der Waals surface area contributed by atoms with Gasteiger partial charge in [-0.05, 0) is 19.4 Å². The third kappa shape index (κ3) is 2.40. The van der Waals surface area contributed by atoms with Crippen molar-refractivity contribution >= 4 is 5.91 Å². The van der Waals surface area contributed by atoms with Crippen LogP contribution >= 0.6 is 0 Å². The SMILES string of the molecule is CCc1cc(C(=O)N(CC)CC#N)n(C)n1. The van der Waals surface area contributed by atoms with Crippen molar-refractivity contribution in [1.29, 1.82) is 5.26 Å². The van der Waals surface area contributed by atoms with Gasteiger partial charge in [-0.25, -0.2) is 0 Å². The molecule has 0 atom stereocenters. The van der Waals surface area contributed by atoms with E-state index < -0.39 is 0 Å². The van der Waals surface area contributed by atoms with Crippen LogP contribution in [0.25, 0.3) is 0 Å². The van der Waals surface area contributed by atoms with E-state index in [-0.39, 0.29) is 12.5 Å². The zero-order chi connectivity index (χ0) is 12.1. The number of carbonyl (C=O) groups excluding carboxylic acids is 1. The summed E-state index contributed by atoms with van der Waals surface area (Å²) < 4.78 is 1.57. The van der Waals surface area contributed by atoms with Gasteiger partial charge in [0.05, 0.1) is 11.8 Å². The highest BCUT2D eigenvalue weighted by Crippen LogP contribution is 2.07. The van der Waals surface area contributed by atoms with E-state index in [9.17, 15) is 4.79 Å². The first-order chi connectivity index (χ1) is 7.63. The molecule has 1 aromatic rings. The lowest BCUT2D eigenvalue weighted by atomic mass is 10.3. The zero-order valence-corrected chi connectivity index (χ0v) is 9.90. The molecule has 1 heterocycles. The summed E-state index contributed by atoms with van der Waals surface area (Å²) in [4.78, 5) is 13.5. The van der Waals surface area contributed by atoms with E-state index in [1.54, 1.807) is 17.8 Å². The van der Waals surface area contributed by atoms with Gasteiger partial charge in [0.2, 0.25) is 0 Å². The standard InChI is InChI=1S/C11H16N4O/c1-4-9-8-10(14(3)13-9)11(16)15(5-2)7-6-12/h8H,4-5,7H2,1-3H3. The second kappa shape index (κ2) is 5.31. The zero-order valence-electron chi connectivity index (χ0n) is 9.90. The van der Waals surface area contributed by atoms with E-state index in [0.29, 0.717) is 12.2 Å². The maximum atomic E-state index is 12.0. The number of rotatable bonds is 4. The Morgan fingerprint density at radius 2 is 2.31 bits per heavy atom. The average Bonchev–Trinajstić information content (AvgIpc) is 2.66. The molecule has 0 fully saturated rings. The van der Waals surface area contributed by atoms with Crippen molar-refractivity contribution in [1.82, 2.24) is 14.7 Å². The highest BCUT2D eigenvalue weighted by atomic mass is 16.2. The van der Waals surface area contributed by atoms with E-state index in [1.807, 2.05) is 19.9 Å². The first kappa shape index (κ1) is 12.2.